The van der Waals surface area contributed by atoms with Gasteiger partial charge in [-0.2, -0.15) is 0 Å². The fraction of sp³-hybridized carbons (Fsp3) is 0.333. The molecule has 8 nitrogen and oxygen atoms in total. The van der Waals surface area contributed by atoms with E-state index in [4.69, 9.17) is 9.47 Å². The number of nitrogens with zero attached hydrogens (tertiary/aromatic N) is 4. The second-order valence-electron chi connectivity index (χ2n) is 9.59. The van der Waals surface area contributed by atoms with E-state index in [9.17, 15) is 0 Å². The van der Waals surface area contributed by atoms with E-state index >= 15 is 0 Å². The van der Waals surface area contributed by atoms with E-state index in [-0.39, 0.29) is 12.2 Å². The highest BCUT2D eigenvalue weighted by molar-refractivity contribution is 5.74. The summed E-state index contributed by atoms with van der Waals surface area (Å²) in [6, 6.07) is 15.6. The van der Waals surface area contributed by atoms with Crippen LogP contribution >= 0.6 is 0 Å². The highest BCUT2D eigenvalue weighted by Crippen LogP contribution is 2.22. The summed E-state index contributed by atoms with van der Waals surface area (Å²) < 4.78 is 11.9. The van der Waals surface area contributed by atoms with E-state index in [1.165, 1.54) is 0 Å². The number of hydrogen-bond acceptors (Lipinski definition) is 8. The fourth-order valence-corrected chi connectivity index (χ4v) is 4.90. The van der Waals surface area contributed by atoms with Crippen LogP contribution in [0.15, 0.2) is 86.2 Å². The van der Waals surface area contributed by atoms with Crippen LogP contribution in [0, 0.1) is 11.8 Å². The van der Waals surface area contributed by atoms with Crippen LogP contribution in [0.5, 0.6) is 11.8 Å². The van der Waals surface area contributed by atoms with Gasteiger partial charge in [0.05, 0.1) is 34.5 Å². The van der Waals surface area contributed by atoms with Gasteiger partial charge in [0.1, 0.15) is 12.2 Å². The number of nitrogens with one attached hydrogen (secondary N) is 2. The number of aromatic nitrogens is 4. The van der Waals surface area contributed by atoms with Crippen LogP contribution in [0.4, 0.5) is 0 Å². The Labute approximate surface area is 223 Å². The van der Waals surface area contributed by atoms with Gasteiger partial charge in [-0.3, -0.25) is 0 Å². The van der Waals surface area contributed by atoms with Crippen molar-refractivity contribution in [2.24, 2.45) is 11.8 Å². The molecule has 2 saturated heterocycles. The Kier molecular flexibility index (Phi) is 8.53. The summed E-state index contributed by atoms with van der Waals surface area (Å²) in [4.78, 5) is 17.7. The Morgan fingerprint density at radius 1 is 0.658 bits per heavy atom. The molecular formula is C30H34N6O2. The SMILES string of the molecule is C=CCC1CNCC1Oc1cnc2ccccc2n1.C=CCC1CNCC1Oc1cnc2ccccc2n1. The van der Waals surface area contributed by atoms with Gasteiger partial charge in [0.25, 0.3) is 0 Å². The van der Waals surface area contributed by atoms with Gasteiger partial charge in [-0.25, -0.2) is 19.9 Å². The van der Waals surface area contributed by atoms with Gasteiger partial charge in [-0.1, -0.05) is 36.4 Å². The third-order valence-corrected chi connectivity index (χ3v) is 6.89. The highest BCUT2D eigenvalue weighted by Gasteiger charge is 2.29. The van der Waals surface area contributed by atoms with Gasteiger partial charge in [0, 0.05) is 38.0 Å². The zero-order chi connectivity index (χ0) is 26.2. The third-order valence-electron chi connectivity index (χ3n) is 6.89. The molecule has 8 heteroatoms. The van der Waals surface area contributed by atoms with E-state index in [1.807, 2.05) is 60.7 Å². The number of fused-ring (bicyclic) bond motifs is 2. The molecule has 4 heterocycles. The topological polar surface area (TPSA) is 94.1 Å². The van der Waals surface area contributed by atoms with Gasteiger partial charge in [0.15, 0.2) is 0 Å². The maximum atomic E-state index is 5.96. The van der Waals surface area contributed by atoms with Gasteiger partial charge in [-0.05, 0) is 37.1 Å². The first-order valence-electron chi connectivity index (χ1n) is 13.1. The minimum absolute atomic E-state index is 0.147. The second kappa shape index (κ2) is 12.6. The van der Waals surface area contributed by atoms with E-state index in [0.717, 1.165) is 61.1 Å². The molecule has 0 spiro atoms. The minimum Gasteiger partial charge on any atom is -0.472 e. The number of para-hydroxylation sites is 4. The van der Waals surface area contributed by atoms with Gasteiger partial charge < -0.3 is 20.1 Å². The molecule has 2 aliphatic rings. The maximum absolute atomic E-state index is 5.96. The average molecular weight is 511 g/mol. The van der Waals surface area contributed by atoms with Crippen molar-refractivity contribution in [1.82, 2.24) is 30.6 Å². The largest absolute Gasteiger partial charge is 0.472 e. The van der Waals surface area contributed by atoms with Crippen LogP contribution in [0.3, 0.4) is 0 Å². The normalized spacial score (nSPS) is 22.5. The maximum Gasteiger partial charge on any atom is 0.233 e. The Bertz CT molecular complexity index is 1270. The van der Waals surface area contributed by atoms with Crippen LogP contribution in [0.2, 0.25) is 0 Å². The predicted molar refractivity (Wildman–Crippen MR) is 150 cm³/mol. The van der Waals surface area contributed by atoms with E-state index in [1.54, 1.807) is 12.4 Å². The third kappa shape index (κ3) is 6.33. The first-order valence-corrected chi connectivity index (χ1v) is 13.1. The molecule has 2 N–H and O–H groups in total. The first-order chi connectivity index (χ1) is 18.7. The van der Waals surface area contributed by atoms with E-state index in [2.05, 4.69) is 43.7 Å². The summed E-state index contributed by atoms with van der Waals surface area (Å²) in [5, 5.41) is 6.69. The molecule has 6 rings (SSSR count). The molecule has 4 aromatic rings. The first kappa shape index (κ1) is 25.8. The van der Waals surface area contributed by atoms with Crippen molar-refractivity contribution in [2.75, 3.05) is 26.2 Å². The molecular weight excluding hydrogens is 476 g/mol. The molecule has 2 aromatic carbocycles. The molecule has 4 atom stereocenters. The lowest BCUT2D eigenvalue weighted by Gasteiger charge is -2.18. The fourth-order valence-electron chi connectivity index (χ4n) is 4.90. The van der Waals surface area contributed by atoms with Gasteiger partial charge >= 0.3 is 0 Å². The number of ether oxygens (including phenoxy) is 2. The number of rotatable bonds is 8. The molecule has 38 heavy (non-hydrogen) atoms. The Morgan fingerprint density at radius 3 is 1.50 bits per heavy atom. The predicted octanol–water partition coefficient (Wildman–Crippen LogP) is 4.35. The van der Waals surface area contributed by atoms with E-state index in [0.29, 0.717) is 23.6 Å². The molecule has 2 aliphatic heterocycles. The van der Waals surface area contributed by atoms with Crippen molar-refractivity contribution in [1.29, 1.82) is 0 Å². The molecule has 2 aromatic heterocycles. The Morgan fingerprint density at radius 2 is 1.08 bits per heavy atom. The molecule has 0 aliphatic carbocycles. The average Bonchev–Trinajstić information content (AvgIpc) is 3.58. The smallest absolute Gasteiger partial charge is 0.233 e. The standard InChI is InChI=1S/2C15H17N3O/c2*1-2-5-11-8-16-9-14(11)19-15-10-17-12-6-3-4-7-13(12)18-15/h2*2-4,6-7,10-11,14,16H,1,5,8-9H2. The van der Waals surface area contributed by atoms with Crippen molar-refractivity contribution in [3.8, 4) is 11.8 Å². The number of allylic oxidation sites excluding steroid dienone is 2. The lowest BCUT2D eigenvalue weighted by molar-refractivity contribution is 0.167. The lowest BCUT2D eigenvalue weighted by Crippen LogP contribution is -2.26. The lowest BCUT2D eigenvalue weighted by atomic mass is 10.0. The van der Waals surface area contributed by atoms with Crippen molar-refractivity contribution >= 4 is 22.1 Å². The zero-order valence-electron chi connectivity index (χ0n) is 21.5. The summed E-state index contributed by atoms with van der Waals surface area (Å²) in [7, 11) is 0. The van der Waals surface area contributed by atoms with Crippen molar-refractivity contribution in [2.45, 2.75) is 25.0 Å². The molecule has 0 saturated carbocycles. The molecule has 196 valence electrons. The van der Waals surface area contributed by atoms with Crippen LogP contribution in [0.25, 0.3) is 22.1 Å². The molecule has 0 amide bonds. The highest BCUT2D eigenvalue weighted by atomic mass is 16.5. The second-order valence-corrected chi connectivity index (χ2v) is 9.59. The summed E-state index contributed by atoms with van der Waals surface area (Å²) in [6.45, 7) is 11.2. The van der Waals surface area contributed by atoms with Crippen molar-refractivity contribution in [3.05, 3.63) is 86.2 Å². The monoisotopic (exact) mass is 510 g/mol. The van der Waals surface area contributed by atoms with Gasteiger partial charge in [0.2, 0.25) is 11.8 Å². The molecule has 0 bridgehead atoms. The van der Waals surface area contributed by atoms with Gasteiger partial charge in [-0.15, -0.1) is 13.2 Å². The van der Waals surface area contributed by atoms with E-state index < -0.39 is 0 Å². The molecule has 0 radical (unpaired) electrons. The Balaban J connectivity index is 0.000000155. The molecule has 2 fully saturated rings. The van der Waals surface area contributed by atoms with Crippen LogP contribution < -0.4 is 20.1 Å². The summed E-state index contributed by atoms with van der Waals surface area (Å²) in [5.41, 5.74) is 3.52. The van der Waals surface area contributed by atoms with Crippen molar-refractivity contribution in [3.63, 3.8) is 0 Å². The van der Waals surface area contributed by atoms with Crippen LogP contribution in [0.1, 0.15) is 12.8 Å². The van der Waals surface area contributed by atoms with Crippen LogP contribution in [-0.4, -0.2) is 58.3 Å². The molecule has 4 unspecified atom stereocenters. The quantitative estimate of drug-likeness (QED) is 0.338. The summed E-state index contributed by atoms with van der Waals surface area (Å²) >= 11 is 0. The minimum atomic E-state index is 0.147. The summed E-state index contributed by atoms with van der Waals surface area (Å²) in [5.74, 6) is 2.12. The van der Waals surface area contributed by atoms with Crippen molar-refractivity contribution < 1.29 is 9.47 Å². The number of hydrogen-bond donors (Lipinski definition) is 2. The number of benzene rings is 2. The Hall–Kier alpha value is -3.88. The van der Waals surface area contributed by atoms with Crippen LogP contribution in [-0.2, 0) is 0 Å². The summed E-state index contributed by atoms with van der Waals surface area (Å²) in [6.07, 6.45) is 9.50. The zero-order valence-corrected chi connectivity index (χ0v) is 21.5.